The molecule has 0 heterocycles. The molecular formula is C28H14O4. The summed E-state index contributed by atoms with van der Waals surface area (Å²) in [6, 6.07) is 21.0. The minimum Gasteiger partial charge on any atom is -0.478 e. The monoisotopic (exact) mass is 414 g/mol. The zero-order valence-corrected chi connectivity index (χ0v) is 16.6. The van der Waals surface area contributed by atoms with Crippen molar-refractivity contribution in [2.24, 2.45) is 0 Å². The molecule has 0 bridgehead atoms. The zero-order valence-electron chi connectivity index (χ0n) is 16.6. The van der Waals surface area contributed by atoms with Crippen molar-refractivity contribution in [3.8, 4) is 47.4 Å². The Balaban J connectivity index is 2.06. The van der Waals surface area contributed by atoms with Gasteiger partial charge in [-0.05, 0) is 60.1 Å². The Kier molecular flexibility index (Phi) is 7.12. The molecular weight excluding hydrogens is 400 g/mol. The highest BCUT2D eigenvalue weighted by Gasteiger charge is 2.21. The highest BCUT2D eigenvalue weighted by atomic mass is 16.4. The van der Waals surface area contributed by atoms with Crippen LogP contribution < -0.4 is 0 Å². The van der Waals surface area contributed by atoms with Gasteiger partial charge in [-0.15, -0.1) is 0 Å². The molecule has 0 amide bonds. The van der Waals surface area contributed by atoms with Gasteiger partial charge in [-0.25, -0.2) is 9.59 Å². The van der Waals surface area contributed by atoms with Crippen LogP contribution in [0.5, 0.6) is 0 Å². The Morgan fingerprint density at radius 3 is 1.56 bits per heavy atom. The van der Waals surface area contributed by atoms with Gasteiger partial charge in [0, 0.05) is 16.7 Å². The SMILES string of the molecule is O=C(O)c1ccc(C#CC#Cc2ccccc2)c(C#CC#Cc2ccccc2)c1C(=O)O. The summed E-state index contributed by atoms with van der Waals surface area (Å²) in [6.45, 7) is 0. The Morgan fingerprint density at radius 2 is 1.06 bits per heavy atom. The molecule has 32 heavy (non-hydrogen) atoms. The van der Waals surface area contributed by atoms with Crippen LogP contribution in [0.25, 0.3) is 0 Å². The van der Waals surface area contributed by atoms with E-state index in [1.54, 1.807) is 0 Å². The minimum absolute atomic E-state index is 0.0197. The van der Waals surface area contributed by atoms with Crippen LogP contribution in [0.1, 0.15) is 43.0 Å². The van der Waals surface area contributed by atoms with E-state index in [2.05, 4.69) is 47.4 Å². The first-order chi connectivity index (χ1) is 15.6. The van der Waals surface area contributed by atoms with Crippen molar-refractivity contribution in [2.45, 2.75) is 0 Å². The minimum atomic E-state index is -1.42. The van der Waals surface area contributed by atoms with E-state index in [1.807, 2.05) is 60.7 Å². The Morgan fingerprint density at radius 1 is 0.562 bits per heavy atom. The molecule has 0 aromatic heterocycles. The predicted octanol–water partition coefficient (Wildman–Crippen LogP) is 3.89. The molecule has 2 N–H and O–H groups in total. The second-order valence-electron chi connectivity index (χ2n) is 6.25. The Hall–Kier alpha value is -5.16. The molecule has 0 unspecified atom stereocenters. The number of benzene rings is 3. The molecule has 0 atom stereocenters. The highest BCUT2D eigenvalue weighted by molar-refractivity contribution is 6.04. The van der Waals surface area contributed by atoms with Crippen LogP contribution >= 0.6 is 0 Å². The average Bonchev–Trinajstić information content (AvgIpc) is 2.80. The van der Waals surface area contributed by atoms with Gasteiger partial charge in [0.05, 0.1) is 16.7 Å². The van der Waals surface area contributed by atoms with Crippen molar-refractivity contribution >= 4 is 11.9 Å². The molecule has 3 aromatic rings. The first-order valence-electron chi connectivity index (χ1n) is 9.34. The number of rotatable bonds is 2. The second-order valence-corrected chi connectivity index (χ2v) is 6.25. The van der Waals surface area contributed by atoms with Crippen molar-refractivity contribution in [1.29, 1.82) is 0 Å². The van der Waals surface area contributed by atoms with Gasteiger partial charge in [-0.1, -0.05) is 60.1 Å². The van der Waals surface area contributed by atoms with Crippen molar-refractivity contribution in [3.05, 3.63) is 106 Å². The third-order valence-corrected chi connectivity index (χ3v) is 4.12. The molecule has 0 spiro atoms. The maximum Gasteiger partial charge on any atom is 0.337 e. The summed E-state index contributed by atoms with van der Waals surface area (Å²) in [5.74, 6) is 19.0. The van der Waals surface area contributed by atoms with Gasteiger partial charge in [-0.3, -0.25) is 0 Å². The van der Waals surface area contributed by atoms with E-state index < -0.39 is 17.5 Å². The van der Waals surface area contributed by atoms with Crippen LogP contribution in [-0.4, -0.2) is 22.2 Å². The van der Waals surface area contributed by atoms with E-state index in [9.17, 15) is 19.8 Å². The number of hydrogen-bond donors (Lipinski definition) is 2. The van der Waals surface area contributed by atoms with Crippen molar-refractivity contribution in [2.75, 3.05) is 0 Å². The van der Waals surface area contributed by atoms with E-state index in [-0.39, 0.29) is 16.7 Å². The summed E-state index contributed by atoms with van der Waals surface area (Å²) in [5.41, 5.74) is 0.951. The van der Waals surface area contributed by atoms with E-state index in [0.29, 0.717) is 0 Å². The van der Waals surface area contributed by atoms with E-state index in [1.165, 1.54) is 12.1 Å². The van der Waals surface area contributed by atoms with E-state index in [0.717, 1.165) is 11.1 Å². The molecule has 4 heteroatoms. The van der Waals surface area contributed by atoms with E-state index >= 15 is 0 Å². The van der Waals surface area contributed by atoms with Gasteiger partial charge in [0.25, 0.3) is 0 Å². The van der Waals surface area contributed by atoms with Gasteiger partial charge >= 0.3 is 11.9 Å². The number of carboxylic acids is 2. The predicted molar refractivity (Wildman–Crippen MR) is 121 cm³/mol. The van der Waals surface area contributed by atoms with Gasteiger partial charge in [-0.2, -0.15) is 0 Å². The fraction of sp³-hybridized carbons (Fsp3) is 0. The number of carbonyl (C=O) groups is 2. The van der Waals surface area contributed by atoms with Crippen molar-refractivity contribution < 1.29 is 19.8 Å². The maximum absolute atomic E-state index is 11.8. The zero-order chi connectivity index (χ0) is 22.8. The van der Waals surface area contributed by atoms with Crippen LogP contribution in [0, 0.1) is 47.4 Å². The van der Waals surface area contributed by atoms with Crippen LogP contribution in [-0.2, 0) is 0 Å². The molecule has 0 aliphatic heterocycles. The quantitative estimate of drug-likeness (QED) is 0.624. The van der Waals surface area contributed by atoms with Gasteiger partial charge in [0.1, 0.15) is 0 Å². The lowest BCUT2D eigenvalue weighted by Gasteiger charge is -2.06. The third kappa shape index (κ3) is 5.68. The standard InChI is InChI=1S/C28H14O4/c29-27(30)25-20-19-23(17-9-7-15-21-11-3-1-4-12-21)24(26(25)28(31)32)18-10-8-16-22-13-5-2-6-14-22/h1-6,11-14,19-20H,(H,29,30)(H,31,32). The third-order valence-electron chi connectivity index (χ3n) is 4.12. The summed E-state index contributed by atoms with van der Waals surface area (Å²) in [4.78, 5) is 23.3. The van der Waals surface area contributed by atoms with Gasteiger partial charge in [0.15, 0.2) is 0 Å². The first-order valence-corrected chi connectivity index (χ1v) is 9.34. The molecule has 0 saturated heterocycles. The average molecular weight is 414 g/mol. The van der Waals surface area contributed by atoms with Gasteiger partial charge < -0.3 is 10.2 Å². The molecule has 0 fully saturated rings. The first kappa shape index (κ1) is 21.5. The molecule has 0 aliphatic rings. The van der Waals surface area contributed by atoms with Gasteiger partial charge in [0.2, 0.25) is 0 Å². The normalized spacial score (nSPS) is 8.75. The van der Waals surface area contributed by atoms with Crippen LogP contribution in [0.2, 0.25) is 0 Å². The number of aromatic carboxylic acids is 2. The second kappa shape index (κ2) is 10.6. The smallest absolute Gasteiger partial charge is 0.337 e. The topological polar surface area (TPSA) is 74.6 Å². The Labute approximate surface area is 185 Å². The lowest BCUT2D eigenvalue weighted by Crippen LogP contribution is -2.11. The lowest BCUT2D eigenvalue weighted by molar-refractivity contribution is 0.0651. The molecule has 150 valence electrons. The summed E-state index contributed by atoms with van der Waals surface area (Å²) >= 11 is 0. The summed E-state index contributed by atoms with van der Waals surface area (Å²) in [7, 11) is 0. The highest BCUT2D eigenvalue weighted by Crippen LogP contribution is 2.19. The van der Waals surface area contributed by atoms with Crippen LogP contribution in [0.3, 0.4) is 0 Å². The molecule has 0 saturated carbocycles. The number of hydrogen-bond acceptors (Lipinski definition) is 2. The molecule has 0 aliphatic carbocycles. The molecule has 0 radical (unpaired) electrons. The summed E-state index contributed by atoms with van der Waals surface area (Å²) < 4.78 is 0. The Bertz CT molecular complexity index is 1420. The molecule has 3 aromatic carbocycles. The molecule has 3 rings (SSSR count). The fourth-order valence-corrected chi connectivity index (χ4v) is 2.68. The maximum atomic E-state index is 11.8. The van der Waals surface area contributed by atoms with Crippen LogP contribution in [0.15, 0.2) is 72.8 Å². The summed E-state index contributed by atoms with van der Waals surface area (Å²) in [5, 5.41) is 19.0. The number of carboxylic acid groups (broad SMARTS) is 2. The van der Waals surface area contributed by atoms with Crippen molar-refractivity contribution in [3.63, 3.8) is 0 Å². The summed E-state index contributed by atoms with van der Waals surface area (Å²) in [6.07, 6.45) is 0. The van der Waals surface area contributed by atoms with Crippen LogP contribution in [0.4, 0.5) is 0 Å². The molecule has 4 nitrogen and oxygen atoms in total. The lowest BCUT2D eigenvalue weighted by atomic mass is 9.96. The largest absolute Gasteiger partial charge is 0.478 e. The van der Waals surface area contributed by atoms with E-state index in [4.69, 9.17) is 0 Å². The van der Waals surface area contributed by atoms with Crippen molar-refractivity contribution in [1.82, 2.24) is 0 Å². The fourth-order valence-electron chi connectivity index (χ4n) is 2.68.